The summed E-state index contributed by atoms with van der Waals surface area (Å²) in [5.74, 6) is 1.15. The molecule has 0 saturated carbocycles. The number of aliphatic hydroxyl groups is 1. The molecule has 7 heteroatoms. The van der Waals surface area contributed by atoms with Gasteiger partial charge in [-0.15, -0.1) is 12.4 Å². The fraction of sp³-hybridized carbons (Fsp3) is 0.409. The molecule has 0 bridgehead atoms. The van der Waals surface area contributed by atoms with E-state index >= 15 is 0 Å². The largest absolute Gasteiger partial charge is 0.491 e. The van der Waals surface area contributed by atoms with E-state index in [4.69, 9.17) is 16.2 Å². The average molecular weight is 420 g/mol. The molecule has 2 aromatic carbocycles. The van der Waals surface area contributed by atoms with E-state index in [1.807, 2.05) is 36.4 Å². The molecule has 0 heterocycles. The molecule has 2 amide bonds. The van der Waals surface area contributed by atoms with Crippen LogP contribution in [-0.4, -0.2) is 23.8 Å². The number of halogens is 1. The quantitative estimate of drug-likeness (QED) is 0.408. The minimum atomic E-state index is -0.637. The highest BCUT2D eigenvalue weighted by Gasteiger charge is 2.21. The van der Waals surface area contributed by atoms with E-state index in [2.05, 4.69) is 17.4 Å². The second-order valence-electron chi connectivity index (χ2n) is 7.49. The molecule has 6 N–H and O–H groups in total. The summed E-state index contributed by atoms with van der Waals surface area (Å²) in [6.07, 6.45) is 3.63. The zero-order valence-corrected chi connectivity index (χ0v) is 17.2. The molecule has 0 aliphatic heterocycles. The summed E-state index contributed by atoms with van der Waals surface area (Å²) in [5, 5.41) is 13.0. The SMILES string of the molecule is Cl.NC(=O)NC(N)c1ccc2c(c1)CC(C[C@H](O)COc1ccccc1)CCC2. The van der Waals surface area contributed by atoms with Gasteiger partial charge in [-0.05, 0) is 66.8 Å². The zero-order chi connectivity index (χ0) is 19.9. The molecule has 0 saturated heterocycles. The van der Waals surface area contributed by atoms with Crippen LogP contribution in [0.4, 0.5) is 4.79 Å². The normalized spacial score (nSPS) is 17.8. The number of aryl methyl sites for hydroxylation is 1. The summed E-state index contributed by atoms with van der Waals surface area (Å²) in [5.41, 5.74) is 14.6. The van der Waals surface area contributed by atoms with Crippen molar-refractivity contribution in [3.05, 3.63) is 65.2 Å². The predicted octanol–water partition coefficient (Wildman–Crippen LogP) is 3.06. The van der Waals surface area contributed by atoms with Crippen LogP contribution in [-0.2, 0) is 12.8 Å². The molecule has 2 unspecified atom stereocenters. The summed E-state index contributed by atoms with van der Waals surface area (Å²) in [6, 6.07) is 15.0. The number of nitrogens with one attached hydrogen (secondary N) is 1. The summed E-state index contributed by atoms with van der Waals surface area (Å²) >= 11 is 0. The molecular formula is C22H30ClN3O3. The van der Waals surface area contributed by atoms with Gasteiger partial charge in [0.15, 0.2) is 0 Å². The number of amides is 2. The Morgan fingerprint density at radius 1 is 1.21 bits per heavy atom. The van der Waals surface area contributed by atoms with Gasteiger partial charge in [-0.2, -0.15) is 0 Å². The third kappa shape index (κ3) is 6.92. The third-order valence-electron chi connectivity index (χ3n) is 5.25. The standard InChI is InChI=1S/C22H29N3O3.ClH/c23-21(25-22(24)27)17-10-9-16-6-4-5-15(11-18(16)13-17)12-19(26)14-28-20-7-2-1-3-8-20;/h1-3,7-10,13,15,19,21,26H,4-6,11-12,14,23H2,(H3,24,25,27);1H/t15?,19-,21?;/m0./s1. The molecule has 158 valence electrons. The summed E-state index contributed by atoms with van der Waals surface area (Å²) in [7, 11) is 0. The van der Waals surface area contributed by atoms with Crippen LogP contribution in [0, 0.1) is 5.92 Å². The lowest BCUT2D eigenvalue weighted by molar-refractivity contribution is 0.0833. The molecule has 3 rings (SSSR count). The summed E-state index contributed by atoms with van der Waals surface area (Å²) < 4.78 is 5.68. The number of hydrogen-bond donors (Lipinski definition) is 4. The van der Waals surface area contributed by atoms with Gasteiger partial charge in [0.25, 0.3) is 0 Å². The van der Waals surface area contributed by atoms with Crippen molar-refractivity contribution in [3.63, 3.8) is 0 Å². The van der Waals surface area contributed by atoms with Gasteiger partial charge in [-0.1, -0.05) is 36.4 Å². The van der Waals surface area contributed by atoms with Crippen LogP contribution in [0.3, 0.4) is 0 Å². The van der Waals surface area contributed by atoms with Crippen LogP contribution in [0.5, 0.6) is 5.75 Å². The third-order valence-corrected chi connectivity index (χ3v) is 5.25. The van der Waals surface area contributed by atoms with E-state index in [0.717, 1.165) is 37.0 Å². The molecular weight excluding hydrogens is 390 g/mol. The molecule has 29 heavy (non-hydrogen) atoms. The van der Waals surface area contributed by atoms with E-state index < -0.39 is 18.3 Å². The number of ether oxygens (including phenoxy) is 1. The van der Waals surface area contributed by atoms with Crippen LogP contribution in [0.25, 0.3) is 0 Å². The average Bonchev–Trinajstić information content (AvgIpc) is 2.87. The number of fused-ring (bicyclic) bond motifs is 1. The second-order valence-corrected chi connectivity index (χ2v) is 7.49. The fourth-order valence-electron chi connectivity index (χ4n) is 3.87. The minimum Gasteiger partial charge on any atom is -0.491 e. The number of carbonyl (C=O) groups excluding carboxylic acids is 1. The lowest BCUT2D eigenvalue weighted by atomic mass is 9.91. The number of carbonyl (C=O) groups is 1. The minimum absolute atomic E-state index is 0. The molecule has 0 radical (unpaired) electrons. The first-order chi connectivity index (χ1) is 13.5. The molecule has 0 aromatic heterocycles. The highest BCUT2D eigenvalue weighted by molar-refractivity contribution is 5.85. The predicted molar refractivity (Wildman–Crippen MR) is 116 cm³/mol. The Bertz CT molecular complexity index is 788. The molecule has 0 spiro atoms. The number of primary amides is 1. The van der Waals surface area contributed by atoms with Crippen LogP contribution < -0.4 is 21.5 Å². The van der Waals surface area contributed by atoms with E-state index in [1.54, 1.807) is 0 Å². The van der Waals surface area contributed by atoms with E-state index in [-0.39, 0.29) is 12.4 Å². The van der Waals surface area contributed by atoms with Gasteiger partial charge < -0.3 is 26.6 Å². The number of benzene rings is 2. The maximum Gasteiger partial charge on any atom is 0.313 e. The highest BCUT2D eigenvalue weighted by Crippen LogP contribution is 2.29. The van der Waals surface area contributed by atoms with Crippen LogP contribution in [0.15, 0.2) is 48.5 Å². The first kappa shape index (κ1) is 23.0. The van der Waals surface area contributed by atoms with Gasteiger partial charge in [0, 0.05) is 0 Å². The van der Waals surface area contributed by atoms with Crippen molar-refractivity contribution in [1.29, 1.82) is 0 Å². The van der Waals surface area contributed by atoms with Crippen molar-refractivity contribution >= 4 is 18.4 Å². The number of para-hydroxylation sites is 1. The Balaban J connectivity index is 0.00000300. The van der Waals surface area contributed by atoms with E-state index in [0.29, 0.717) is 18.9 Å². The molecule has 2 aromatic rings. The van der Waals surface area contributed by atoms with Crippen molar-refractivity contribution in [2.45, 2.75) is 44.4 Å². The Labute approximate surface area is 178 Å². The molecule has 3 atom stereocenters. The van der Waals surface area contributed by atoms with Gasteiger partial charge in [-0.3, -0.25) is 0 Å². The monoisotopic (exact) mass is 419 g/mol. The highest BCUT2D eigenvalue weighted by atomic mass is 35.5. The maximum absolute atomic E-state index is 11.1. The van der Waals surface area contributed by atoms with Gasteiger partial charge in [0.05, 0.1) is 6.10 Å². The van der Waals surface area contributed by atoms with Crippen LogP contribution >= 0.6 is 12.4 Å². The lowest BCUT2D eigenvalue weighted by Gasteiger charge is -2.20. The van der Waals surface area contributed by atoms with Gasteiger partial charge in [-0.25, -0.2) is 4.79 Å². The van der Waals surface area contributed by atoms with Gasteiger partial charge >= 0.3 is 6.03 Å². The van der Waals surface area contributed by atoms with Crippen molar-refractivity contribution in [2.24, 2.45) is 17.4 Å². The topological polar surface area (TPSA) is 111 Å². The van der Waals surface area contributed by atoms with Gasteiger partial charge in [0.1, 0.15) is 18.5 Å². The smallest absolute Gasteiger partial charge is 0.313 e. The molecule has 1 aliphatic carbocycles. The first-order valence-electron chi connectivity index (χ1n) is 9.80. The van der Waals surface area contributed by atoms with Crippen molar-refractivity contribution < 1.29 is 14.6 Å². The van der Waals surface area contributed by atoms with Crippen LogP contribution in [0.2, 0.25) is 0 Å². The second kappa shape index (κ2) is 11.0. The Morgan fingerprint density at radius 2 is 1.97 bits per heavy atom. The van der Waals surface area contributed by atoms with Crippen molar-refractivity contribution in [1.82, 2.24) is 5.32 Å². The molecule has 1 aliphatic rings. The van der Waals surface area contributed by atoms with Gasteiger partial charge in [0.2, 0.25) is 0 Å². The van der Waals surface area contributed by atoms with Crippen molar-refractivity contribution in [3.8, 4) is 5.75 Å². The number of rotatable bonds is 7. The maximum atomic E-state index is 11.1. The summed E-state index contributed by atoms with van der Waals surface area (Å²) in [4.78, 5) is 11.1. The Morgan fingerprint density at radius 3 is 2.69 bits per heavy atom. The first-order valence-corrected chi connectivity index (χ1v) is 9.80. The Hall–Kier alpha value is -2.28. The lowest BCUT2D eigenvalue weighted by Crippen LogP contribution is -2.37. The van der Waals surface area contributed by atoms with Crippen LogP contribution in [0.1, 0.15) is 42.1 Å². The zero-order valence-electron chi connectivity index (χ0n) is 16.4. The van der Waals surface area contributed by atoms with E-state index in [1.165, 1.54) is 11.1 Å². The molecule has 0 fully saturated rings. The number of hydrogen-bond acceptors (Lipinski definition) is 4. The summed E-state index contributed by atoms with van der Waals surface area (Å²) in [6.45, 7) is 0.292. The van der Waals surface area contributed by atoms with Crippen molar-refractivity contribution in [2.75, 3.05) is 6.61 Å². The fourth-order valence-corrected chi connectivity index (χ4v) is 3.87. The number of urea groups is 1. The molecule has 6 nitrogen and oxygen atoms in total. The number of nitrogens with two attached hydrogens (primary N) is 2. The Kier molecular flexibility index (Phi) is 8.76. The number of aliphatic hydroxyl groups excluding tert-OH is 1. The van der Waals surface area contributed by atoms with E-state index in [9.17, 15) is 9.90 Å².